The van der Waals surface area contributed by atoms with Crippen LogP contribution in [0.1, 0.15) is 63.8 Å². The number of nitrogens with zero attached hydrogens (tertiary/aromatic N) is 1. The highest BCUT2D eigenvalue weighted by molar-refractivity contribution is 6.30. The normalized spacial score (nSPS) is 15.8. The van der Waals surface area contributed by atoms with Crippen molar-refractivity contribution in [1.29, 1.82) is 0 Å². The molecule has 232 valence electrons. The second kappa shape index (κ2) is 17.0. The third kappa shape index (κ3) is 12.8. The number of allylic oxidation sites excluding steroid dienone is 6. The summed E-state index contributed by atoms with van der Waals surface area (Å²) in [5, 5.41) is 2.79. The molecule has 0 spiro atoms. The van der Waals surface area contributed by atoms with Gasteiger partial charge in [0, 0.05) is 31.2 Å². The summed E-state index contributed by atoms with van der Waals surface area (Å²) in [6.07, 6.45) is 10.1. The van der Waals surface area contributed by atoms with Gasteiger partial charge >= 0.3 is 0 Å². The number of aromatic nitrogens is 1. The van der Waals surface area contributed by atoms with Crippen LogP contribution in [0.25, 0.3) is 0 Å². The van der Waals surface area contributed by atoms with Crippen molar-refractivity contribution in [3.05, 3.63) is 113 Å². The van der Waals surface area contributed by atoms with Crippen molar-refractivity contribution in [2.24, 2.45) is 11.7 Å². The molecule has 42 heavy (non-hydrogen) atoms. The van der Waals surface area contributed by atoms with Gasteiger partial charge < -0.3 is 11.1 Å². The largest absolute Gasteiger partial charge is 0.386 e. The van der Waals surface area contributed by atoms with Gasteiger partial charge in [-0.1, -0.05) is 74.5 Å². The molecule has 3 nitrogen and oxygen atoms in total. The molecule has 0 bridgehead atoms. The van der Waals surface area contributed by atoms with Crippen molar-refractivity contribution in [3.8, 4) is 0 Å². The van der Waals surface area contributed by atoms with E-state index in [-0.39, 0.29) is 23.2 Å². The fourth-order valence-corrected chi connectivity index (χ4v) is 4.03. The summed E-state index contributed by atoms with van der Waals surface area (Å²) in [6.45, 7) is 10.2. The number of nitrogens with one attached hydrogen (secondary N) is 1. The van der Waals surface area contributed by atoms with Crippen LogP contribution in [0.5, 0.6) is 0 Å². The average Bonchev–Trinajstić information content (AvgIpc) is 3.16. The Morgan fingerprint density at radius 2 is 1.64 bits per heavy atom. The summed E-state index contributed by atoms with van der Waals surface area (Å²) in [7, 11) is 0. The Morgan fingerprint density at radius 1 is 1.05 bits per heavy atom. The molecular formula is C32H40ClF6N3. The minimum absolute atomic E-state index is 0.0571. The zero-order valence-corrected chi connectivity index (χ0v) is 25.3. The molecule has 0 saturated carbocycles. The zero-order valence-electron chi connectivity index (χ0n) is 24.5. The van der Waals surface area contributed by atoms with Gasteiger partial charge in [-0.2, -0.15) is 0 Å². The Bertz CT molecular complexity index is 1190. The van der Waals surface area contributed by atoms with Crippen LogP contribution in [0.15, 0.2) is 85.4 Å². The van der Waals surface area contributed by atoms with Crippen LogP contribution in [0.3, 0.4) is 0 Å². The van der Waals surface area contributed by atoms with Crippen LogP contribution < -0.4 is 11.1 Å². The Labute approximate surface area is 250 Å². The zero-order chi connectivity index (χ0) is 32.1. The number of nitrogens with two attached hydrogens (primary N) is 1. The molecule has 0 amide bonds. The van der Waals surface area contributed by atoms with Crippen molar-refractivity contribution >= 4 is 11.6 Å². The highest BCUT2D eigenvalue weighted by Crippen LogP contribution is 2.34. The molecule has 1 aromatic heterocycles. The molecule has 1 aliphatic rings. The van der Waals surface area contributed by atoms with Gasteiger partial charge in [-0.25, -0.2) is 26.3 Å². The summed E-state index contributed by atoms with van der Waals surface area (Å²) in [6, 6.07) is 6.54. The number of pyridine rings is 1. The van der Waals surface area contributed by atoms with E-state index < -0.39 is 36.3 Å². The first kappa shape index (κ1) is 36.8. The minimum Gasteiger partial charge on any atom is -0.386 e. The first-order valence-corrected chi connectivity index (χ1v) is 13.9. The van der Waals surface area contributed by atoms with Crippen LogP contribution in [0.4, 0.5) is 26.3 Å². The third-order valence-corrected chi connectivity index (χ3v) is 6.44. The lowest BCUT2D eigenvalue weighted by Gasteiger charge is -2.23. The maximum atomic E-state index is 14.4. The molecule has 1 aliphatic carbocycles. The molecule has 3 atom stereocenters. The standard InChI is InChI=1S/C24H22ClF4N.C6H12F2N2.C2H6/c1-24(29,23(27)28)14-17-10-18(13-20(26)11-17)21(22-9-8-19(25)15-30-22)12-16-6-4-2-3-5-7-16;1-4(6(3,7)8)10-5(2)9;1-2/h2-11,13,15-16,21,23H,12,14H2,1H3;4,10H,2,9H2,1,3H3;1-2H3/t21-,24?;;/m1../s1. The fraction of sp³-hybridized carbons (Fsp3) is 0.406. The van der Waals surface area contributed by atoms with Crippen LogP contribution >= 0.6 is 11.6 Å². The van der Waals surface area contributed by atoms with Gasteiger partial charge in [0.1, 0.15) is 5.82 Å². The van der Waals surface area contributed by atoms with E-state index in [9.17, 15) is 26.3 Å². The van der Waals surface area contributed by atoms with Gasteiger partial charge in [0.2, 0.25) is 0 Å². The topological polar surface area (TPSA) is 50.9 Å². The summed E-state index contributed by atoms with van der Waals surface area (Å²) in [5.74, 6) is -3.56. The van der Waals surface area contributed by atoms with E-state index in [1.807, 2.05) is 50.3 Å². The molecule has 1 heterocycles. The van der Waals surface area contributed by atoms with Crippen molar-refractivity contribution in [1.82, 2.24) is 10.3 Å². The molecular weight excluding hydrogens is 576 g/mol. The molecule has 0 saturated heterocycles. The third-order valence-electron chi connectivity index (χ3n) is 6.21. The predicted molar refractivity (Wildman–Crippen MR) is 160 cm³/mol. The Kier molecular flexibility index (Phi) is 14.9. The first-order valence-electron chi connectivity index (χ1n) is 13.6. The van der Waals surface area contributed by atoms with Gasteiger partial charge in [0.05, 0.1) is 16.9 Å². The number of hydrogen-bond donors (Lipinski definition) is 2. The van der Waals surface area contributed by atoms with Gasteiger partial charge in [-0.3, -0.25) is 4.98 Å². The molecule has 2 aromatic rings. The molecule has 10 heteroatoms. The van der Waals surface area contributed by atoms with Gasteiger partial charge in [-0.05, 0) is 61.6 Å². The molecule has 2 unspecified atom stereocenters. The summed E-state index contributed by atoms with van der Waals surface area (Å²) < 4.78 is 79.2. The Morgan fingerprint density at radius 3 is 2.10 bits per heavy atom. The molecule has 0 radical (unpaired) electrons. The summed E-state index contributed by atoms with van der Waals surface area (Å²) >= 11 is 5.96. The van der Waals surface area contributed by atoms with Crippen LogP contribution in [0.2, 0.25) is 5.02 Å². The number of halogens is 7. The maximum absolute atomic E-state index is 14.4. The summed E-state index contributed by atoms with van der Waals surface area (Å²) in [4.78, 5) is 4.39. The molecule has 0 fully saturated rings. The lowest BCUT2D eigenvalue weighted by Crippen LogP contribution is -2.41. The van der Waals surface area contributed by atoms with Crippen molar-refractivity contribution in [2.75, 3.05) is 0 Å². The first-order chi connectivity index (χ1) is 19.6. The highest BCUT2D eigenvalue weighted by atomic mass is 35.5. The Hall–Kier alpha value is -3.20. The molecule has 0 aliphatic heterocycles. The number of rotatable bonds is 10. The van der Waals surface area contributed by atoms with E-state index in [0.717, 1.165) is 19.9 Å². The molecule has 1 aromatic carbocycles. The molecule has 3 rings (SSSR count). The van der Waals surface area contributed by atoms with E-state index in [2.05, 4.69) is 16.9 Å². The maximum Gasteiger partial charge on any atom is 0.272 e. The van der Waals surface area contributed by atoms with Crippen LogP contribution in [0, 0.1) is 11.7 Å². The smallest absolute Gasteiger partial charge is 0.272 e. The second-order valence-electron chi connectivity index (χ2n) is 10.0. The van der Waals surface area contributed by atoms with Crippen LogP contribution in [-0.4, -0.2) is 29.0 Å². The van der Waals surface area contributed by atoms with Gasteiger partial charge in [-0.15, -0.1) is 0 Å². The monoisotopic (exact) mass is 615 g/mol. The van der Waals surface area contributed by atoms with E-state index in [1.54, 1.807) is 18.2 Å². The average molecular weight is 616 g/mol. The second-order valence-corrected chi connectivity index (χ2v) is 10.4. The van der Waals surface area contributed by atoms with Gasteiger partial charge in [0.15, 0.2) is 5.67 Å². The van der Waals surface area contributed by atoms with Crippen molar-refractivity contribution in [3.63, 3.8) is 0 Å². The number of hydrogen-bond acceptors (Lipinski definition) is 3. The predicted octanol–water partition coefficient (Wildman–Crippen LogP) is 9.31. The number of benzene rings is 1. The molecule has 3 N–H and O–H groups in total. The van der Waals surface area contributed by atoms with Crippen molar-refractivity contribution in [2.45, 2.75) is 77.4 Å². The van der Waals surface area contributed by atoms with E-state index in [1.165, 1.54) is 19.2 Å². The summed E-state index contributed by atoms with van der Waals surface area (Å²) in [5.41, 5.74) is 3.73. The lowest BCUT2D eigenvalue weighted by molar-refractivity contribution is -0.0216. The van der Waals surface area contributed by atoms with E-state index >= 15 is 0 Å². The lowest BCUT2D eigenvalue weighted by atomic mass is 9.84. The Balaban J connectivity index is 0.000000624. The highest BCUT2D eigenvalue weighted by Gasteiger charge is 2.35. The fourth-order valence-electron chi connectivity index (χ4n) is 3.92. The quantitative estimate of drug-likeness (QED) is 0.262. The van der Waals surface area contributed by atoms with Crippen molar-refractivity contribution < 1.29 is 26.3 Å². The van der Waals surface area contributed by atoms with Gasteiger partial charge in [0.25, 0.3) is 12.3 Å². The number of alkyl halides is 5. The minimum atomic E-state index is -3.16. The van der Waals surface area contributed by atoms with E-state index in [0.29, 0.717) is 22.7 Å². The van der Waals surface area contributed by atoms with E-state index in [4.69, 9.17) is 17.3 Å². The van der Waals surface area contributed by atoms with Crippen LogP contribution in [-0.2, 0) is 6.42 Å². The SMILES string of the molecule is C=C(N)NC(C)C(C)(F)F.CC.CC(F)(Cc1cc(F)cc([C@@H](CC2C=CC=CC=C2)c2ccc(Cl)cn2)c1)C(F)F.